The third-order valence-corrected chi connectivity index (χ3v) is 2.68. The Bertz CT molecular complexity index is 474. The van der Waals surface area contributed by atoms with Gasteiger partial charge in [-0.15, -0.1) is 0 Å². The van der Waals surface area contributed by atoms with Gasteiger partial charge in [-0.3, -0.25) is 9.78 Å². The molecule has 0 saturated heterocycles. The molecule has 7 heteroatoms. The van der Waals surface area contributed by atoms with E-state index in [1.165, 1.54) is 13.1 Å². The van der Waals surface area contributed by atoms with Crippen LogP contribution in [-0.2, 0) is 0 Å². The van der Waals surface area contributed by atoms with Crippen LogP contribution in [0.2, 0.25) is 0 Å². The van der Waals surface area contributed by atoms with Crippen molar-refractivity contribution < 1.29 is 18.0 Å². The molecule has 0 saturated carbocycles. The summed E-state index contributed by atoms with van der Waals surface area (Å²) in [6.07, 6.45) is -3.10. The number of rotatable bonds is 5. The molecule has 0 aromatic carbocycles. The molecule has 0 spiro atoms. The Labute approximate surface area is 116 Å². The molecule has 1 heterocycles. The van der Waals surface area contributed by atoms with Gasteiger partial charge in [0, 0.05) is 25.0 Å². The fourth-order valence-electron chi connectivity index (χ4n) is 1.78. The quantitative estimate of drug-likeness (QED) is 0.906. The average molecular weight is 289 g/mol. The molecule has 0 aliphatic carbocycles. The van der Waals surface area contributed by atoms with Gasteiger partial charge in [-0.2, -0.15) is 13.2 Å². The van der Waals surface area contributed by atoms with Crippen LogP contribution in [0.1, 0.15) is 29.9 Å². The van der Waals surface area contributed by atoms with Gasteiger partial charge >= 0.3 is 6.18 Å². The Morgan fingerprint density at radius 1 is 1.40 bits per heavy atom. The van der Waals surface area contributed by atoms with Crippen molar-refractivity contribution in [3.05, 3.63) is 23.5 Å². The summed E-state index contributed by atoms with van der Waals surface area (Å²) in [6, 6.07) is 1.65. The number of halogens is 3. The highest BCUT2D eigenvalue weighted by Gasteiger charge is 2.33. The summed E-state index contributed by atoms with van der Waals surface area (Å²) in [4.78, 5) is 17.0. The predicted molar refractivity (Wildman–Crippen MR) is 70.8 cm³/mol. The van der Waals surface area contributed by atoms with Gasteiger partial charge < -0.3 is 10.2 Å². The fraction of sp³-hybridized carbons (Fsp3) is 0.538. The summed E-state index contributed by atoms with van der Waals surface area (Å²) >= 11 is 0. The van der Waals surface area contributed by atoms with Crippen molar-refractivity contribution in [2.45, 2.75) is 26.9 Å². The normalized spacial score (nSPS) is 11.3. The molecular formula is C13H18F3N3O. The second kappa shape index (κ2) is 6.58. The number of aryl methyl sites for hydroxylation is 1. The topological polar surface area (TPSA) is 45.2 Å². The highest BCUT2D eigenvalue weighted by atomic mass is 19.4. The average Bonchev–Trinajstić information content (AvgIpc) is 2.35. The molecule has 0 atom stereocenters. The zero-order valence-electron chi connectivity index (χ0n) is 11.7. The fourth-order valence-corrected chi connectivity index (χ4v) is 1.78. The molecule has 1 aromatic rings. The Balaban J connectivity index is 3.05. The van der Waals surface area contributed by atoms with E-state index >= 15 is 0 Å². The van der Waals surface area contributed by atoms with E-state index in [-0.39, 0.29) is 12.1 Å². The SMILES string of the molecule is CCNc1cc(C)ncc1C(=O)N(CC)CC(F)(F)F. The first-order valence-corrected chi connectivity index (χ1v) is 6.35. The molecule has 0 fully saturated rings. The van der Waals surface area contributed by atoms with E-state index in [0.717, 1.165) is 4.90 Å². The maximum atomic E-state index is 12.5. The first kappa shape index (κ1) is 16.3. The van der Waals surface area contributed by atoms with Gasteiger partial charge in [-0.25, -0.2) is 0 Å². The number of hydrogen-bond acceptors (Lipinski definition) is 3. The van der Waals surface area contributed by atoms with Gasteiger partial charge in [0.2, 0.25) is 0 Å². The van der Waals surface area contributed by atoms with Crippen molar-refractivity contribution in [2.24, 2.45) is 0 Å². The number of carbonyl (C=O) groups is 1. The highest BCUT2D eigenvalue weighted by Crippen LogP contribution is 2.21. The van der Waals surface area contributed by atoms with Gasteiger partial charge in [0.15, 0.2) is 0 Å². The molecule has 0 aliphatic heterocycles. The summed E-state index contributed by atoms with van der Waals surface area (Å²) in [6.45, 7) is 4.40. The molecule has 112 valence electrons. The minimum Gasteiger partial charge on any atom is -0.385 e. The van der Waals surface area contributed by atoms with E-state index in [2.05, 4.69) is 10.3 Å². The van der Waals surface area contributed by atoms with Gasteiger partial charge in [-0.05, 0) is 26.8 Å². The van der Waals surface area contributed by atoms with Crippen LogP contribution < -0.4 is 5.32 Å². The second-order valence-corrected chi connectivity index (χ2v) is 4.34. The number of nitrogens with zero attached hydrogens (tertiary/aromatic N) is 2. The monoisotopic (exact) mass is 289 g/mol. The Morgan fingerprint density at radius 3 is 2.55 bits per heavy atom. The van der Waals surface area contributed by atoms with Crippen LogP contribution in [0, 0.1) is 6.92 Å². The van der Waals surface area contributed by atoms with Gasteiger partial charge in [0.25, 0.3) is 5.91 Å². The zero-order chi connectivity index (χ0) is 15.3. The zero-order valence-corrected chi connectivity index (χ0v) is 11.7. The van der Waals surface area contributed by atoms with Crippen molar-refractivity contribution >= 4 is 11.6 Å². The lowest BCUT2D eigenvalue weighted by Crippen LogP contribution is -2.39. The summed E-state index contributed by atoms with van der Waals surface area (Å²) in [5.74, 6) is -0.673. The van der Waals surface area contributed by atoms with Crippen LogP contribution >= 0.6 is 0 Å². The smallest absolute Gasteiger partial charge is 0.385 e. The van der Waals surface area contributed by atoms with Gasteiger partial charge in [0.05, 0.1) is 11.3 Å². The van der Waals surface area contributed by atoms with E-state index in [4.69, 9.17) is 0 Å². The van der Waals surface area contributed by atoms with Crippen LogP contribution in [0.3, 0.4) is 0 Å². The van der Waals surface area contributed by atoms with Crippen LogP contribution in [0.25, 0.3) is 0 Å². The van der Waals surface area contributed by atoms with Crippen LogP contribution in [0.4, 0.5) is 18.9 Å². The lowest BCUT2D eigenvalue weighted by Gasteiger charge is -2.23. The predicted octanol–water partition coefficient (Wildman–Crippen LogP) is 2.85. The summed E-state index contributed by atoms with van der Waals surface area (Å²) in [7, 11) is 0. The van der Waals surface area contributed by atoms with Crippen LogP contribution in [0.15, 0.2) is 12.3 Å². The van der Waals surface area contributed by atoms with Crippen molar-refractivity contribution in [3.8, 4) is 0 Å². The lowest BCUT2D eigenvalue weighted by molar-refractivity contribution is -0.140. The first-order valence-electron chi connectivity index (χ1n) is 6.35. The van der Waals surface area contributed by atoms with Gasteiger partial charge in [0.1, 0.15) is 6.54 Å². The summed E-state index contributed by atoms with van der Waals surface area (Å²) in [5.41, 5.74) is 1.35. The molecule has 20 heavy (non-hydrogen) atoms. The van der Waals surface area contributed by atoms with Crippen molar-refractivity contribution in [2.75, 3.05) is 25.0 Å². The number of aromatic nitrogens is 1. The third-order valence-electron chi connectivity index (χ3n) is 2.68. The minimum atomic E-state index is -4.41. The number of alkyl halides is 3. The van der Waals surface area contributed by atoms with Crippen LogP contribution in [0.5, 0.6) is 0 Å². The Hall–Kier alpha value is -1.79. The number of hydrogen-bond donors (Lipinski definition) is 1. The van der Waals surface area contributed by atoms with E-state index in [1.54, 1.807) is 13.0 Å². The largest absolute Gasteiger partial charge is 0.406 e. The van der Waals surface area contributed by atoms with E-state index in [1.807, 2.05) is 6.92 Å². The molecule has 4 nitrogen and oxygen atoms in total. The number of nitrogens with one attached hydrogen (secondary N) is 1. The molecule has 1 N–H and O–H groups in total. The van der Waals surface area contributed by atoms with Gasteiger partial charge in [-0.1, -0.05) is 0 Å². The first-order chi connectivity index (χ1) is 9.28. The molecule has 0 unspecified atom stereocenters. The number of carbonyl (C=O) groups excluding carboxylic acids is 1. The highest BCUT2D eigenvalue weighted by molar-refractivity contribution is 5.99. The molecule has 1 rings (SSSR count). The maximum absolute atomic E-state index is 12.5. The lowest BCUT2D eigenvalue weighted by atomic mass is 10.1. The van der Waals surface area contributed by atoms with Crippen molar-refractivity contribution in [3.63, 3.8) is 0 Å². The number of pyridine rings is 1. The molecule has 0 radical (unpaired) electrons. The summed E-state index contributed by atoms with van der Waals surface area (Å²) in [5, 5.41) is 2.97. The summed E-state index contributed by atoms with van der Waals surface area (Å²) < 4.78 is 37.4. The molecule has 0 aliphatic rings. The Morgan fingerprint density at radius 2 is 2.05 bits per heavy atom. The molecular weight excluding hydrogens is 271 g/mol. The van der Waals surface area contributed by atoms with E-state index in [9.17, 15) is 18.0 Å². The van der Waals surface area contributed by atoms with Crippen molar-refractivity contribution in [1.29, 1.82) is 0 Å². The Kier molecular flexibility index (Phi) is 5.35. The van der Waals surface area contributed by atoms with Crippen LogP contribution in [-0.4, -0.2) is 41.6 Å². The molecule has 1 aromatic heterocycles. The number of amides is 1. The molecule has 0 bridgehead atoms. The van der Waals surface area contributed by atoms with Crippen molar-refractivity contribution in [1.82, 2.24) is 9.88 Å². The van der Waals surface area contributed by atoms with E-state index < -0.39 is 18.6 Å². The maximum Gasteiger partial charge on any atom is 0.406 e. The third kappa shape index (κ3) is 4.40. The second-order valence-electron chi connectivity index (χ2n) is 4.34. The minimum absolute atomic E-state index is 0.0161. The number of anilines is 1. The van der Waals surface area contributed by atoms with E-state index in [0.29, 0.717) is 17.9 Å². The standard InChI is InChI=1S/C13H18F3N3O/c1-4-17-11-6-9(3)18-7-10(11)12(20)19(5-2)8-13(14,15)16/h6-7H,4-5,8H2,1-3H3,(H,17,18). The molecule has 1 amide bonds.